The van der Waals surface area contributed by atoms with E-state index >= 15 is 0 Å². The van der Waals surface area contributed by atoms with Crippen LogP contribution in [0.3, 0.4) is 0 Å². The van der Waals surface area contributed by atoms with Gasteiger partial charge in [0, 0.05) is 11.3 Å². The molecule has 138 valence electrons. The molecule has 1 atom stereocenters. The summed E-state index contributed by atoms with van der Waals surface area (Å²) < 4.78 is 66.8. The Balaban J connectivity index is 2.30. The summed E-state index contributed by atoms with van der Waals surface area (Å²) in [4.78, 5) is 13.1. The number of fused-ring (bicyclic) bond motifs is 1. The van der Waals surface area contributed by atoms with Gasteiger partial charge in [-0.2, -0.15) is 13.2 Å². The summed E-state index contributed by atoms with van der Waals surface area (Å²) in [7, 11) is 0. The minimum Gasteiger partial charge on any atom is -0.307 e. The number of halogens is 5. The Labute approximate surface area is 146 Å². The SMILES string of the molecule is CCC1(c2ccc(F)cc2)c2cc(F)ccc2NC(=O)N1CC(F)(F)F. The van der Waals surface area contributed by atoms with Crippen molar-refractivity contribution in [2.24, 2.45) is 0 Å². The summed E-state index contributed by atoms with van der Waals surface area (Å²) in [6.45, 7) is 0.0695. The molecule has 1 N–H and O–H groups in total. The van der Waals surface area contributed by atoms with E-state index in [4.69, 9.17) is 0 Å². The van der Waals surface area contributed by atoms with Crippen LogP contribution in [0.25, 0.3) is 0 Å². The van der Waals surface area contributed by atoms with Crippen LogP contribution in [0, 0.1) is 11.6 Å². The molecule has 0 fully saturated rings. The van der Waals surface area contributed by atoms with Crippen LogP contribution in [0.1, 0.15) is 24.5 Å². The molecule has 0 aromatic heterocycles. The van der Waals surface area contributed by atoms with Crippen LogP contribution in [0.2, 0.25) is 0 Å². The van der Waals surface area contributed by atoms with E-state index in [1.54, 1.807) is 6.92 Å². The van der Waals surface area contributed by atoms with Gasteiger partial charge in [0.15, 0.2) is 0 Å². The van der Waals surface area contributed by atoms with Crippen molar-refractivity contribution in [1.29, 1.82) is 0 Å². The van der Waals surface area contributed by atoms with Gasteiger partial charge in [-0.3, -0.25) is 0 Å². The van der Waals surface area contributed by atoms with Gasteiger partial charge >= 0.3 is 12.2 Å². The van der Waals surface area contributed by atoms with Gasteiger partial charge in [-0.05, 0) is 42.3 Å². The number of nitrogens with zero attached hydrogens (tertiary/aromatic N) is 1. The van der Waals surface area contributed by atoms with Gasteiger partial charge in [-0.15, -0.1) is 0 Å². The Hall–Kier alpha value is -2.64. The molecule has 0 radical (unpaired) electrons. The van der Waals surface area contributed by atoms with Crippen molar-refractivity contribution < 1.29 is 26.7 Å². The number of amides is 2. The molecule has 1 unspecified atom stereocenters. The molecular weight excluding hydrogens is 355 g/mol. The number of anilines is 1. The molecule has 1 aliphatic heterocycles. The number of carbonyl (C=O) groups is 1. The second-order valence-corrected chi connectivity index (χ2v) is 6.04. The lowest BCUT2D eigenvalue weighted by Gasteiger charge is -2.48. The number of alkyl halides is 3. The zero-order valence-corrected chi connectivity index (χ0v) is 13.7. The summed E-state index contributed by atoms with van der Waals surface area (Å²) in [6, 6.07) is 7.40. The number of benzene rings is 2. The van der Waals surface area contributed by atoms with E-state index in [1.165, 1.54) is 18.2 Å². The van der Waals surface area contributed by atoms with E-state index in [0.29, 0.717) is 4.90 Å². The Morgan fingerprint density at radius 1 is 1.04 bits per heavy atom. The third kappa shape index (κ3) is 3.00. The van der Waals surface area contributed by atoms with Crippen LogP contribution in [0.5, 0.6) is 0 Å². The number of urea groups is 1. The van der Waals surface area contributed by atoms with Crippen LogP contribution in [-0.4, -0.2) is 23.7 Å². The van der Waals surface area contributed by atoms with Crippen molar-refractivity contribution in [2.75, 3.05) is 11.9 Å². The fourth-order valence-corrected chi connectivity index (χ4v) is 3.48. The summed E-state index contributed by atoms with van der Waals surface area (Å²) in [5, 5.41) is 2.38. The normalized spacial score (nSPS) is 19.9. The quantitative estimate of drug-likeness (QED) is 0.756. The molecule has 26 heavy (non-hydrogen) atoms. The number of hydrogen-bond acceptors (Lipinski definition) is 1. The first-order valence-electron chi connectivity index (χ1n) is 7.89. The molecule has 1 heterocycles. The molecule has 3 nitrogen and oxygen atoms in total. The smallest absolute Gasteiger partial charge is 0.307 e. The summed E-state index contributed by atoms with van der Waals surface area (Å²) in [5.74, 6) is -1.21. The number of rotatable bonds is 3. The van der Waals surface area contributed by atoms with Gasteiger partial charge in [-0.1, -0.05) is 19.1 Å². The highest BCUT2D eigenvalue weighted by molar-refractivity contribution is 5.94. The van der Waals surface area contributed by atoms with Crippen molar-refractivity contribution in [3.05, 3.63) is 65.2 Å². The minimum absolute atomic E-state index is 0.0403. The Morgan fingerprint density at radius 3 is 2.23 bits per heavy atom. The minimum atomic E-state index is -4.66. The predicted octanol–water partition coefficient (Wildman–Crippen LogP) is 5.03. The van der Waals surface area contributed by atoms with Crippen molar-refractivity contribution in [3.8, 4) is 0 Å². The van der Waals surface area contributed by atoms with Gasteiger partial charge in [0.25, 0.3) is 0 Å². The monoisotopic (exact) mass is 370 g/mol. The maximum absolute atomic E-state index is 13.9. The molecule has 2 amide bonds. The lowest BCUT2D eigenvalue weighted by molar-refractivity contribution is -0.148. The first kappa shape index (κ1) is 18.2. The second kappa shape index (κ2) is 6.26. The van der Waals surface area contributed by atoms with E-state index in [1.807, 2.05) is 0 Å². The Bertz CT molecular complexity index is 834. The molecule has 1 aliphatic rings. The number of hydrogen-bond donors (Lipinski definition) is 1. The van der Waals surface area contributed by atoms with Crippen LogP contribution in [0.15, 0.2) is 42.5 Å². The van der Waals surface area contributed by atoms with Crippen LogP contribution < -0.4 is 5.32 Å². The third-order valence-electron chi connectivity index (χ3n) is 4.55. The molecular formula is C18H15F5N2O. The maximum atomic E-state index is 13.9. The topological polar surface area (TPSA) is 32.3 Å². The highest BCUT2D eigenvalue weighted by Crippen LogP contribution is 2.46. The zero-order chi connectivity index (χ0) is 19.1. The summed E-state index contributed by atoms with van der Waals surface area (Å²) in [5.41, 5.74) is -0.896. The van der Waals surface area contributed by atoms with Gasteiger partial charge in [-0.25, -0.2) is 13.6 Å². The van der Waals surface area contributed by atoms with Gasteiger partial charge < -0.3 is 10.2 Å². The van der Waals surface area contributed by atoms with Gasteiger partial charge in [0.1, 0.15) is 18.2 Å². The largest absolute Gasteiger partial charge is 0.406 e. The highest BCUT2D eigenvalue weighted by Gasteiger charge is 2.50. The van der Waals surface area contributed by atoms with Crippen LogP contribution in [0.4, 0.5) is 32.4 Å². The molecule has 0 saturated carbocycles. The Morgan fingerprint density at radius 2 is 1.65 bits per heavy atom. The molecule has 0 bridgehead atoms. The standard InChI is InChI=1S/C18H15F5N2O/c1-2-17(11-3-5-12(19)6-4-11)14-9-13(20)7-8-15(14)24-16(26)25(17)10-18(21,22)23/h3-9H,2,10H2,1H3,(H,24,26). The summed E-state index contributed by atoms with van der Waals surface area (Å²) in [6.07, 6.45) is -4.62. The number of carbonyl (C=O) groups excluding carboxylic acids is 1. The average molecular weight is 370 g/mol. The molecule has 2 aromatic carbocycles. The van der Waals surface area contributed by atoms with Gasteiger partial charge in [0.2, 0.25) is 0 Å². The van der Waals surface area contributed by atoms with Crippen molar-refractivity contribution in [2.45, 2.75) is 25.1 Å². The molecule has 0 aliphatic carbocycles. The van der Waals surface area contributed by atoms with Crippen LogP contribution in [-0.2, 0) is 5.54 Å². The lowest BCUT2D eigenvalue weighted by atomic mass is 9.77. The molecule has 0 spiro atoms. The third-order valence-corrected chi connectivity index (χ3v) is 4.55. The van der Waals surface area contributed by atoms with E-state index in [-0.39, 0.29) is 23.2 Å². The Kier molecular flexibility index (Phi) is 4.37. The van der Waals surface area contributed by atoms with Crippen LogP contribution >= 0.6 is 0 Å². The zero-order valence-electron chi connectivity index (χ0n) is 13.7. The molecule has 0 saturated heterocycles. The van der Waals surface area contributed by atoms with E-state index < -0.39 is 35.9 Å². The van der Waals surface area contributed by atoms with Crippen molar-refractivity contribution >= 4 is 11.7 Å². The first-order chi connectivity index (χ1) is 12.2. The number of nitrogens with one attached hydrogen (secondary N) is 1. The highest BCUT2D eigenvalue weighted by atomic mass is 19.4. The molecule has 3 rings (SSSR count). The maximum Gasteiger partial charge on any atom is 0.406 e. The lowest BCUT2D eigenvalue weighted by Crippen LogP contribution is -2.57. The fourth-order valence-electron chi connectivity index (χ4n) is 3.48. The average Bonchev–Trinajstić information content (AvgIpc) is 2.56. The summed E-state index contributed by atoms with van der Waals surface area (Å²) >= 11 is 0. The van der Waals surface area contributed by atoms with Gasteiger partial charge in [0.05, 0.1) is 5.54 Å². The van der Waals surface area contributed by atoms with Crippen molar-refractivity contribution in [3.63, 3.8) is 0 Å². The van der Waals surface area contributed by atoms with E-state index in [0.717, 1.165) is 24.3 Å². The molecule has 8 heteroatoms. The first-order valence-corrected chi connectivity index (χ1v) is 7.89. The second-order valence-electron chi connectivity index (χ2n) is 6.04. The predicted molar refractivity (Wildman–Crippen MR) is 85.7 cm³/mol. The van der Waals surface area contributed by atoms with E-state index in [9.17, 15) is 26.7 Å². The molecule has 2 aromatic rings. The van der Waals surface area contributed by atoms with E-state index in [2.05, 4.69) is 5.32 Å². The van der Waals surface area contributed by atoms with Crippen molar-refractivity contribution in [1.82, 2.24) is 4.90 Å². The fraction of sp³-hybridized carbons (Fsp3) is 0.278.